The molecule has 0 aliphatic carbocycles. The summed E-state index contributed by atoms with van der Waals surface area (Å²) in [6, 6.07) is 6.17. The molecule has 0 saturated heterocycles. The first-order valence-electron chi connectivity index (χ1n) is 2.56. The first-order chi connectivity index (χ1) is 4.70. The Bertz CT molecular complexity index is 249. The van der Waals surface area contributed by atoms with Gasteiger partial charge in [0.2, 0.25) is 0 Å². The summed E-state index contributed by atoms with van der Waals surface area (Å²) in [5.41, 5.74) is 0. The van der Waals surface area contributed by atoms with Gasteiger partial charge in [0.25, 0.3) is 0 Å². The van der Waals surface area contributed by atoms with Crippen LogP contribution in [-0.2, 0) is 11.1 Å². The molecule has 0 aliphatic heterocycles. The van der Waals surface area contributed by atoms with E-state index in [1.165, 1.54) is 12.1 Å². The van der Waals surface area contributed by atoms with Crippen molar-refractivity contribution in [3.05, 3.63) is 29.3 Å². The van der Waals surface area contributed by atoms with E-state index in [1.807, 2.05) is 0 Å². The molecule has 1 atom stereocenters. The van der Waals surface area contributed by atoms with Crippen molar-refractivity contribution in [1.82, 2.24) is 0 Å². The fourth-order valence-electron chi connectivity index (χ4n) is 0.551. The van der Waals surface area contributed by atoms with Gasteiger partial charge >= 0.3 is 37.7 Å². The van der Waals surface area contributed by atoms with E-state index in [2.05, 4.69) is 0 Å². The van der Waals surface area contributed by atoms with E-state index in [9.17, 15) is 4.21 Å². The summed E-state index contributed by atoms with van der Waals surface area (Å²) >= 11 is 3.64. The van der Waals surface area contributed by atoms with Crippen molar-refractivity contribution in [2.75, 3.05) is 0 Å². The van der Waals surface area contributed by atoms with Crippen molar-refractivity contribution in [2.24, 2.45) is 0 Å². The zero-order valence-electron chi connectivity index (χ0n) is 4.95. The minimum atomic E-state index is -1.90. The third-order valence-corrected chi connectivity index (χ3v) is 1.94. The SMILES string of the molecule is O=S(O)c1ccc(Cl)cc1.[CaH2]. The monoisotopic (exact) mass is 218 g/mol. The van der Waals surface area contributed by atoms with E-state index in [4.69, 9.17) is 16.2 Å². The first-order valence-corrected chi connectivity index (χ1v) is 4.05. The summed E-state index contributed by atoms with van der Waals surface area (Å²) < 4.78 is 18.9. The molecule has 0 amide bonds. The van der Waals surface area contributed by atoms with Crippen molar-refractivity contribution in [3.8, 4) is 0 Å². The molecule has 2 nitrogen and oxygen atoms in total. The molecule has 1 rings (SSSR count). The number of hydrogen-bond acceptors (Lipinski definition) is 1. The molecule has 1 N–H and O–H groups in total. The van der Waals surface area contributed by atoms with Crippen molar-refractivity contribution >= 4 is 60.4 Å². The zero-order valence-corrected chi connectivity index (χ0v) is 6.52. The predicted molar refractivity (Wildman–Crippen MR) is 49.0 cm³/mol. The Morgan fingerprint density at radius 3 is 2.09 bits per heavy atom. The van der Waals surface area contributed by atoms with E-state index < -0.39 is 11.1 Å². The third-order valence-electron chi connectivity index (χ3n) is 1.02. The van der Waals surface area contributed by atoms with Gasteiger partial charge in [0.05, 0.1) is 4.90 Å². The van der Waals surface area contributed by atoms with Gasteiger partial charge in [0.15, 0.2) is 11.1 Å². The summed E-state index contributed by atoms with van der Waals surface area (Å²) in [5.74, 6) is 0. The van der Waals surface area contributed by atoms with Crippen LogP contribution in [0, 0.1) is 0 Å². The van der Waals surface area contributed by atoms with Crippen molar-refractivity contribution < 1.29 is 8.76 Å². The van der Waals surface area contributed by atoms with Crippen LogP contribution in [0.3, 0.4) is 0 Å². The van der Waals surface area contributed by atoms with E-state index in [0.29, 0.717) is 9.92 Å². The third kappa shape index (κ3) is 3.87. The maximum atomic E-state index is 10.4. The van der Waals surface area contributed by atoms with Crippen LogP contribution in [0.25, 0.3) is 0 Å². The molecule has 0 aromatic heterocycles. The van der Waals surface area contributed by atoms with Gasteiger partial charge in [-0.2, -0.15) is 0 Å². The summed E-state index contributed by atoms with van der Waals surface area (Å²) in [4.78, 5) is 0.365. The van der Waals surface area contributed by atoms with E-state index in [0.717, 1.165) is 0 Å². The molecule has 0 aliphatic rings. The van der Waals surface area contributed by atoms with Crippen LogP contribution in [0.2, 0.25) is 5.02 Å². The Labute approximate surface area is 102 Å². The summed E-state index contributed by atoms with van der Waals surface area (Å²) in [6.07, 6.45) is 0. The van der Waals surface area contributed by atoms with Crippen LogP contribution in [0.4, 0.5) is 0 Å². The molecule has 0 bridgehead atoms. The molecule has 0 fully saturated rings. The van der Waals surface area contributed by atoms with Crippen molar-refractivity contribution in [2.45, 2.75) is 4.90 Å². The molecule has 11 heavy (non-hydrogen) atoms. The van der Waals surface area contributed by atoms with Gasteiger partial charge in [-0.3, -0.25) is 0 Å². The average Bonchev–Trinajstić information content (AvgIpc) is 1.88. The van der Waals surface area contributed by atoms with E-state index in [-0.39, 0.29) is 37.7 Å². The molecular weight excluding hydrogens is 212 g/mol. The molecule has 5 heteroatoms. The molecule has 0 saturated carbocycles. The van der Waals surface area contributed by atoms with Gasteiger partial charge in [-0.05, 0) is 24.3 Å². The predicted octanol–water partition coefficient (Wildman–Crippen LogP) is 1.00. The summed E-state index contributed by atoms with van der Waals surface area (Å²) in [6.45, 7) is 0. The van der Waals surface area contributed by atoms with Crippen molar-refractivity contribution in [3.63, 3.8) is 0 Å². The number of hydrogen-bond donors (Lipinski definition) is 1. The fraction of sp³-hybridized carbons (Fsp3) is 0. The first kappa shape index (κ1) is 11.9. The van der Waals surface area contributed by atoms with Gasteiger partial charge < -0.3 is 4.55 Å². The summed E-state index contributed by atoms with van der Waals surface area (Å²) in [5, 5.41) is 0.564. The molecular formula is C6H7CaClO2S. The van der Waals surface area contributed by atoms with Crippen LogP contribution >= 0.6 is 11.6 Å². The van der Waals surface area contributed by atoms with Crippen LogP contribution < -0.4 is 0 Å². The Hall–Kier alpha value is 0.880. The quantitative estimate of drug-likeness (QED) is 0.564. The van der Waals surface area contributed by atoms with Crippen molar-refractivity contribution in [1.29, 1.82) is 0 Å². The molecule has 1 aromatic rings. The number of rotatable bonds is 1. The minimum absolute atomic E-state index is 0. The Morgan fingerprint density at radius 1 is 1.27 bits per heavy atom. The number of halogens is 1. The molecule has 58 valence electrons. The molecule has 0 radical (unpaired) electrons. The second kappa shape index (κ2) is 5.51. The van der Waals surface area contributed by atoms with Gasteiger partial charge in [-0.1, -0.05) is 11.6 Å². The fourth-order valence-corrected chi connectivity index (χ4v) is 1.05. The van der Waals surface area contributed by atoms with Crippen LogP contribution in [0.15, 0.2) is 29.2 Å². The maximum absolute atomic E-state index is 10.4. The second-order valence-electron chi connectivity index (χ2n) is 1.70. The average molecular weight is 219 g/mol. The Kier molecular flexibility index (Phi) is 5.95. The van der Waals surface area contributed by atoms with Crippen LogP contribution in [-0.4, -0.2) is 46.5 Å². The topological polar surface area (TPSA) is 37.3 Å². The molecule has 0 spiro atoms. The van der Waals surface area contributed by atoms with Crippen LogP contribution in [0.1, 0.15) is 0 Å². The molecule has 0 heterocycles. The van der Waals surface area contributed by atoms with Gasteiger partial charge in [-0.15, -0.1) is 0 Å². The Balaban J connectivity index is 0.000001000. The zero-order chi connectivity index (χ0) is 7.56. The molecule has 1 unspecified atom stereocenters. The van der Waals surface area contributed by atoms with Gasteiger partial charge in [0, 0.05) is 5.02 Å². The number of benzene rings is 1. The van der Waals surface area contributed by atoms with E-state index >= 15 is 0 Å². The van der Waals surface area contributed by atoms with Gasteiger partial charge in [0.1, 0.15) is 0 Å². The van der Waals surface area contributed by atoms with E-state index in [1.54, 1.807) is 12.1 Å². The Morgan fingerprint density at radius 2 is 1.73 bits per heavy atom. The second-order valence-corrected chi connectivity index (χ2v) is 3.11. The normalized spacial score (nSPS) is 11.8. The standard InChI is InChI=1S/C6H5ClO2S.Ca.2H/c7-5-1-3-6(4-2-5)10(8)9;;;/h1-4H,(H,8,9);;;. The van der Waals surface area contributed by atoms with Crippen LogP contribution in [0.5, 0.6) is 0 Å². The van der Waals surface area contributed by atoms with Gasteiger partial charge in [-0.25, -0.2) is 4.21 Å². The summed E-state index contributed by atoms with van der Waals surface area (Å²) in [7, 11) is 0. The molecule has 1 aromatic carbocycles.